The molecule has 116 valence electrons. The number of nitrogens with one attached hydrogen (secondary N) is 3. The molecule has 0 saturated carbocycles. The fourth-order valence-electron chi connectivity index (χ4n) is 2.66. The molecule has 1 unspecified atom stereocenters. The van der Waals surface area contributed by atoms with Crippen molar-refractivity contribution < 1.29 is 4.79 Å². The maximum absolute atomic E-state index is 12.1. The molecule has 0 fully saturated rings. The molecular weight excluding hydrogens is 302 g/mol. The fraction of sp³-hybridized carbons (Fsp3) is 0.250. The molecule has 1 aliphatic rings. The van der Waals surface area contributed by atoms with Crippen LogP contribution in [0, 0.1) is 0 Å². The highest BCUT2D eigenvalue weighted by atomic mass is 35.5. The summed E-state index contributed by atoms with van der Waals surface area (Å²) in [6, 6.07) is 11.3. The molecule has 1 aromatic carbocycles. The van der Waals surface area contributed by atoms with Crippen molar-refractivity contribution >= 4 is 18.3 Å². The van der Waals surface area contributed by atoms with Crippen LogP contribution in [0.15, 0.2) is 47.4 Å². The van der Waals surface area contributed by atoms with E-state index in [9.17, 15) is 9.59 Å². The van der Waals surface area contributed by atoms with Gasteiger partial charge in [-0.05, 0) is 30.2 Å². The van der Waals surface area contributed by atoms with Crippen molar-refractivity contribution in [2.75, 3.05) is 13.1 Å². The number of aromatic nitrogens is 1. The molecule has 1 aliphatic heterocycles. The van der Waals surface area contributed by atoms with E-state index in [1.54, 1.807) is 6.07 Å². The third-order valence-corrected chi connectivity index (χ3v) is 3.72. The number of benzene rings is 1. The molecule has 3 N–H and O–H groups in total. The number of halogens is 1. The van der Waals surface area contributed by atoms with Crippen LogP contribution >= 0.6 is 12.4 Å². The number of carbonyl (C=O) groups excluding carboxylic acids is 1. The van der Waals surface area contributed by atoms with Gasteiger partial charge in [0.05, 0.1) is 0 Å². The van der Waals surface area contributed by atoms with Gasteiger partial charge in [0.15, 0.2) is 0 Å². The average Bonchev–Trinajstić information content (AvgIpc) is 2.52. The third kappa shape index (κ3) is 3.55. The summed E-state index contributed by atoms with van der Waals surface area (Å²) in [5.74, 6) is -0.231. The fourth-order valence-corrected chi connectivity index (χ4v) is 2.66. The van der Waals surface area contributed by atoms with E-state index < -0.39 is 0 Å². The zero-order valence-corrected chi connectivity index (χ0v) is 12.8. The van der Waals surface area contributed by atoms with E-state index >= 15 is 0 Å². The zero-order valence-electron chi connectivity index (χ0n) is 12.0. The maximum Gasteiger partial charge on any atom is 0.251 e. The SMILES string of the molecule is Cl.O=C(NCC1NCCc2ccccc21)c1cc[nH]c(=O)c1. The molecule has 1 amide bonds. The zero-order chi connectivity index (χ0) is 14.7. The van der Waals surface area contributed by atoms with E-state index in [0.717, 1.165) is 13.0 Å². The summed E-state index contributed by atoms with van der Waals surface area (Å²) >= 11 is 0. The molecule has 22 heavy (non-hydrogen) atoms. The minimum atomic E-state index is -0.274. The molecule has 0 radical (unpaired) electrons. The molecule has 0 saturated heterocycles. The predicted molar refractivity (Wildman–Crippen MR) is 87.5 cm³/mol. The Balaban J connectivity index is 0.00000176. The van der Waals surface area contributed by atoms with Gasteiger partial charge in [0, 0.05) is 30.4 Å². The van der Waals surface area contributed by atoms with Crippen LogP contribution in [0.5, 0.6) is 0 Å². The summed E-state index contributed by atoms with van der Waals surface area (Å²) in [5.41, 5.74) is 2.66. The van der Waals surface area contributed by atoms with Gasteiger partial charge in [0.2, 0.25) is 5.56 Å². The Morgan fingerprint density at radius 1 is 1.27 bits per heavy atom. The topological polar surface area (TPSA) is 74.0 Å². The van der Waals surface area contributed by atoms with Crippen LogP contribution < -0.4 is 16.2 Å². The van der Waals surface area contributed by atoms with Gasteiger partial charge in [-0.2, -0.15) is 0 Å². The maximum atomic E-state index is 12.1. The molecule has 3 rings (SSSR count). The summed E-state index contributed by atoms with van der Waals surface area (Å²) in [6.07, 6.45) is 2.49. The Kier molecular flexibility index (Phi) is 5.35. The lowest BCUT2D eigenvalue weighted by molar-refractivity contribution is 0.0949. The third-order valence-electron chi connectivity index (χ3n) is 3.72. The Morgan fingerprint density at radius 3 is 2.91 bits per heavy atom. The van der Waals surface area contributed by atoms with Crippen LogP contribution in [0.25, 0.3) is 0 Å². The number of hydrogen-bond donors (Lipinski definition) is 3. The Morgan fingerprint density at radius 2 is 2.09 bits per heavy atom. The molecule has 0 aliphatic carbocycles. The number of aromatic amines is 1. The van der Waals surface area contributed by atoms with E-state index in [4.69, 9.17) is 0 Å². The van der Waals surface area contributed by atoms with Crippen LogP contribution in [0.1, 0.15) is 27.5 Å². The van der Waals surface area contributed by atoms with Crippen LogP contribution in [-0.4, -0.2) is 24.0 Å². The number of rotatable bonds is 3. The highest BCUT2D eigenvalue weighted by Gasteiger charge is 2.19. The largest absolute Gasteiger partial charge is 0.350 e. The Labute approximate surface area is 134 Å². The van der Waals surface area contributed by atoms with Crippen molar-refractivity contribution in [2.45, 2.75) is 12.5 Å². The first-order valence-corrected chi connectivity index (χ1v) is 7.02. The lowest BCUT2D eigenvalue weighted by Crippen LogP contribution is -2.39. The smallest absolute Gasteiger partial charge is 0.251 e. The van der Waals surface area contributed by atoms with Crippen LogP contribution in [-0.2, 0) is 6.42 Å². The highest BCUT2D eigenvalue weighted by molar-refractivity contribution is 5.93. The molecule has 2 heterocycles. The second kappa shape index (κ2) is 7.24. The van der Waals surface area contributed by atoms with Gasteiger partial charge in [0.25, 0.3) is 5.91 Å². The summed E-state index contributed by atoms with van der Waals surface area (Å²) in [6.45, 7) is 1.41. The van der Waals surface area contributed by atoms with E-state index in [1.807, 2.05) is 12.1 Å². The van der Waals surface area contributed by atoms with Gasteiger partial charge in [-0.15, -0.1) is 12.4 Å². The summed E-state index contributed by atoms with van der Waals surface area (Å²) in [7, 11) is 0. The van der Waals surface area contributed by atoms with Gasteiger partial charge in [-0.3, -0.25) is 9.59 Å². The number of fused-ring (bicyclic) bond motifs is 1. The molecule has 1 aromatic heterocycles. The summed E-state index contributed by atoms with van der Waals surface area (Å²) in [5, 5.41) is 6.29. The van der Waals surface area contributed by atoms with Crippen molar-refractivity contribution in [3.63, 3.8) is 0 Å². The predicted octanol–water partition coefficient (Wildman–Crippen LogP) is 1.41. The van der Waals surface area contributed by atoms with E-state index in [-0.39, 0.29) is 29.9 Å². The van der Waals surface area contributed by atoms with Crippen molar-refractivity contribution in [1.29, 1.82) is 0 Å². The monoisotopic (exact) mass is 319 g/mol. The van der Waals surface area contributed by atoms with Crippen molar-refractivity contribution in [1.82, 2.24) is 15.6 Å². The highest BCUT2D eigenvalue weighted by Crippen LogP contribution is 2.21. The number of pyridine rings is 1. The first kappa shape index (κ1) is 16.3. The molecule has 0 spiro atoms. The van der Waals surface area contributed by atoms with Crippen molar-refractivity contribution in [3.05, 3.63) is 69.6 Å². The summed E-state index contributed by atoms with van der Waals surface area (Å²) in [4.78, 5) is 25.8. The Hall–Kier alpha value is -2.11. The molecule has 6 heteroatoms. The first-order chi connectivity index (χ1) is 10.2. The van der Waals surface area contributed by atoms with E-state index in [0.29, 0.717) is 12.1 Å². The number of carbonyl (C=O) groups is 1. The van der Waals surface area contributed by atoms with Gasteiger partial charge in [-0.1, -0.05) is 24.3 Å². The number of H-pyrrole nitrogens is 1. The van der Waals surface area contributed by atoms with Crippen LogP contribution in [0.2, 0.25) is 0 Å². The van der Waals surface area contributed by atoms with Gasteiger partial charge < -0.3 is 15.6 Å². The Bertz CT molecular complexity index is 714. The lowest BCUT2D eigenvalue weighted by atomic mass is 9.94. The first-order valence-electron chi connectivity index (χ1n) is 7.02. The molecule has 0 bridgehead atoms. The van der Waals surface area contributed by atoms with Crippen LogP contribution in [0.3, 0.4) is 0 Å². The molecular formula is C16H18ClN3O2. The molecule has 5 nitrogen and oxygen atoms in total. The second-order valence-corrected chi connectivity index (χ2v) is 5.11. The quantitative estimate of drug-likeness (QED) is 0.801. The van der Waals surface area contributed by atoms with Gasteiger partial charge in [-0.25, -0.2) is 0 Å². The van der Waals surface area contributed by atoms with Gasteiger partial charge >= 0.3 is 0 Å². The van der Waals surface area contributed by atoms with E-state index in [1.165, 1.54) is 23.4 Å². The normalized spacial score (nSPS) is 16.3. The van der Waals surface area contributed by atoms with E-state index in [2.05, 4.69) is 27.8 Å². The molecule has 1 atom stereocenters. The minimum absolute atomic E-state index is 0. The van der Waals surface area contributed by atoms with Crippen LogP contribution in [0.4, 0.5) is 0 Å². The standard InChI is InChI=1S/C16H17N3O2.ClH/c20-15-9-12(6-8-18-15)16(21)19-10-14-13-4-2-1-3-11(13)5-7-17-14;/h1-4,6,8-9,14,17H,5,7,10H2,(H,18,20)(H,19,21);1H. The van der Waals surface area contributed by atoms with Gasteiger partial charge in [0.1, 0.15) is 0 Å². The number of hydrogen-bond acceptors (Lipinski definition) is 3. The minimum Gasteiger partial charge on any atom is -0.350 e. The van der Waals surface area contributed by atoms with Crippen molar-refractivity contribution in [2.24, 2.45) is 0 Å². The average molecular weight is 320 g/mol. The second-order valence-electron chi connectivity index (χ2n) is 5.11. The van der Waals surface area contributed by atoms with Crippen molar-refractivity contribution in [3.8, 4) is 0 Å². The lowest BCUT2D eigenvalue weighted by Gasteiger charge is -2.27. The molecule has 2 aromatic rings. The summed E-state index contributed by atoms with van der Waals surface area (Å²) < 4.78 is 0. The number of amides is 1.